The highest BCUT2D eigenvalue weighted by molar-refractivity contribution is 7.99. The molecule has 1 N–H and O–H groups in total. The van der Waals surface area contributed by atoms with E-state index in [0.29, 0.717) is 12.0 Å². The normalized spacial score (nSPS) is 22.9. The van der Waals surface area contributed by atoms with E-state index in [1.54, 1.807) is 0 Å². The van der Waals surface area contributed by atoms with Gasteiger partial charge in [-0.2, -0.15) is 21.7 Å². The quantitative estimate of drug-likeness (QED) is 0.886. The second-order valence-corrected chi connectivity index (χ2v) is 5.62. The molecule has 1 aromatic heterocycles. The molecule has 1 aromatic rings. The molecule has 1 saturated carbocycles. The number of nitrogens with one attached hydrogen (secondary N) is 1. The Bertz CT molecular complexity index is 388. The molecule has 106 valence electrons. The minimum Gasteiger partial charge on any atom is -0.467 e. The summed E-state index contributed by atoms with van der Waals surface area (Å²) in [6.07, 6.45) is 6.93. The summed E-state index contributed by atoms with van der Waals surface area (Å²) in [5, 5.41) is 4.14. The maximum absolute atomic E-state index is 5.04. The van der Waals surface area contributed by atoms with Gasteiger partial charge in [-0.25, -0.2) is 0 Å². The van der Waals surface area contributed by atoms with E-state index in [1.807, 2.05) is 11.8 Å². The summed E-state index contributed by atoms with van der Waals surface area (Å²) in [6, 6.07) is 0.958. The van der Waals surface area contributed by atoms with Crippen LogP contribution in [-0.2, 0) is 0 Å². The lowest BCUT2D eigenvalue weighted by molar-refractivity contribution is 0.340. The third-order valence-corrected chi connectivity index (χ3v) is 4.44. The number of nitrogens with zero attached hydrogens (tertiary/aromatic N) is 3. The Morgan fingerprint density at radius 2 is 1.58 bits per heavy atom. The van der Waals surface area contributed by atoms with Gasteiger partial charge in [0.25, 0.3) is 0 Å². The lowest BCUT2D eigenvalue weighted by Crippen LogP contribution is -2.28. The second kappa shape index (κ2) is 6.79. The number of hydrogen-bond donors (Lipinski definition) is 1. The molecule has 1 fully saturated rings. The van der Waals surface area contributed by atoms with Gasteiger partial charge in [0.1, 0.15) is 0 Å². The molecule has 0 amide bonds. The fourth-order valence-electron chi connectivity index (χ4n) is 2.21. The third kappa shape index (κ3) is 3.86. The van der Waals surface area contributed by atoms with E-state index in [2.05, 4.69) is 26.5 Å². The monoisotopic (exact) mass is 284 g/mol. The van der Waals surface area contributed by atoms with Crippen LogP contribution in [0.4, 0.5) is 5.95 Å². The molecule has 0 atom stereocenters. The zero-order chi connectivity index (χ0) is 13.7. The van der Waals surface area contributed by atoms with Gasteiger partial charge >= 0.3 is 12.0 Å². The molecule has 0 aromatic carbocycles. The molecule has 1 heterocycles. The minimum absolute atomic E-state index is 0.271. The SMILES string of the molecule is COc1nc(NC2CCC(SC)CC2)nc(OC)n1. The smallest absolute Gasteiger partial charge is 0.324 e. The zero-order valence-corrected chi connectivity index (χ0v) is 12.4. The molecule has 0 radical (unpaired) electrons. The van der Waals surface area contributed by atoms with Crippen LogP contribution in [0.15, 0.2) is 0 Å². The molecule has 0 spiro atoms. The van der Waals surface area contributed by atoms with Gasteiger partial charge in [-0.3, -0.25) is 0 Å². The van der Waals surface area contributed by atoms with Gasteiger partial charge in [-0.05, 0) is 31.9 Å². The molecular weight excluding hydrogens is 264 g/mol. The summed E-state index contributed by atoms with van der Waals surface area (Å²) < 4.78 is 10.1. The largest absolute Gasteiger partial charge is 0.467 e. The van der Waals surface area contributed by atoms with E-state index in [0.717, 1.165) is 18.1 Å². The van der Waals surface area contributed by atoms with Crippen molar-refractivity contribution in [2.24, 2.45) is 0 Å². The maximum atomic E-state index is 5.04. The Morgan fingerprint density at radius 3 is 2.05 bits per heavy atom. The molecular formula is C12H20N4O2S. The predicted octanol–water partition coefficient (Wildman–Crippen LogP) is 1.97. The molecule has 7 heteroatoms. The molecule has 0 aliphatic heterocycles. The summed E-state index contributed by atoms with van der Waals surface area (Å²) in [6.45, 7) is 0. The first-order valence-corrected chi connectivity index (χ1v) is 7.67. The van der Waals surface area contributed by atoms with Crippen LogP contribution < -0.4 is 14.8 Å². The number of ether oxygens (including phenoxy) is 2. The lowest BCUT2D eigenvalue weighted by atomic mass is 9.95. The Morgan fingerprint density at radius 1 is 1.00 bits per heavy atom. The highest BCUT2D eigenvalue weighted by atomic mass is 32.2. The number of rotatable bonds is 5. The predicted molar refractivity (Wildman–Crippen MR) is 76.1 cm³/mol. The van der Waals surface area contributed by atoms with Crippen LogP contribution in [0.1, 0.15) is 25.7 Å². The summed E-state index contributed by atoms with van der Waals surface area (Å²) in [7, 11) is 3.06. The zero-order valence-electron chi connectivity index (χ0n) is 11.5. The van der Waals surface area contributed by atoms with Crippen molar-refractivity contribution in [3.8, 4) is 12.0 Å². The van der Waals surface area contributed by atoms with Crippen molar-refractivity contribution in [2.45, 2.75) is 37.0 Å². The first kappa shape index (κ1) is 14.2. The van der Waals surface area contributed by atoms with E-state index in [9.17, 15) is 0 Å². The fourth-order valence-corrected chi connectivity index (χ4v) is 2.95. The van der Waals surface area contributed by atoms with Crippen molar-refractivity contribution in [3.63, 3.8) is 0 Å². The van der Waals surface area contributed by atoms with Crippen molar-refractivity contribution in [3.05, 3.63) is 0 Å². The van der Waals surface area contributed by atoms with E-state index in [1.165, 1.54) is 27.1 Å². The number of aromatic nitrogens is 3. The van der Waals surface area contributed by atoms with Gasteiger partial charge < -0.3 is 14.8 Å². The van der Waals surface area contributed by atoms with Crippen LogP contribution in [-0.4, -0.2) is 46.7 Å². The van der Waals surface area contributed by atoms with Crippen LogP contribution in [0.25, 0.3) is 0 Å². The standard InChI is InChI=1S/C12H20N4O2S/c1-17-11-14-10(15-12(16-11)18-2)13-8-4-6-9(19-3)7-5-8/h8-9H,4-7H2,1-3H3,(H,13,14,15,16). The number of methoxy groups -OCH3 is 2. The Hall–Kier alpha value is -1.24. The summed E-state index contributed by atoms with van der Waals surface area (Å²) in [5.41, 5.74) is 0. The van der Waals surface area contributed by atoms with E-state index in [4.69, 9.17) is 9.47 Å². The van der Waals surface area contributed by atoms with Crippen molar-refractivity contribution < 1.29 is 9.47 Å². The van der Waals surface area contributed by atoms with Crippen molar-refractivity contribution in [2.75, 3.05) is 25.8 Å². The molecule has 6 nitrogen and oxygen atoms in total. The molecule has 19 heavy (non-hydrogen) atoms. The highest BCUT2D eigenvalue weighted by Gasteiger charge is 2.21. The molecule has 0 unspecified atom stereocenters. The fraction of sp³-hybridized carbons (Fsp3) is 0.750. The highest BCUT2D eigenvalue weighted by Crippen LogP contribution is 2.28. The van der Waals surface area contributed by atoms with Gasteiger partial charge in [-0.1, -0.05) is 0 Å². The lowest BCUT2D eigenvalue weighted by Gasteiger charge is -2.27. The van der Waals surface area contributed by atoms with Crippen LogP contribution in [0.5, 0.6) is 12.0 Å². The Labute approximate surface area is 117 Å². The average molecular weight is 284 g/mol. The molecule has 0 saturated heterocycles. The second-order valence-electron chi connectivity index (χ2n) is 4.49. The molecule has 1 aliphatic rings. The molecule has 1 aliphatic carbocycles. The first-order valence-electron chi connectivity index (χ1n) is 6.38. The van der Waals surface area contributed by atoms with Crippen LogP contribution >= 0.6 is 11.8 Å². The number of thioether (sulfide) groups is 1. The first-order chi connectivity index (χ1) is 9.25. The number of hydrogen-bond acceptors (Lipinski definition) is 7. The Balaban J connectivity index is 1.99. The number of anilines is 1. The van der Waals surface area contributed by atoms with Crippen LogP contribution in [0, 0.1) is 0 Å². The van der Waals surface area contributed by atoms with Crippen molar-refractivity contribution in [1.82, 2.24) is 15.0 Å². The summed E-state index contributed by atoms with van der Waals surface area (Å²) in [5.74, 6) is 0.524. The minimum atomic E-state index is 0.271. The van der Waals surface area contributed by atoms with Crippen LogP contribution in [0.3, 0.4) is 0 Å². The van der Waals surface area contributed by atoms with Gasteiger partial charge in [0.05, 0.1) is 14.2 Å². The summed E-state index contributed by atoms with van der Waals surface area (Å²) >= 11 is 1.96. The van der Waals surface area contributed by atoms with Gasteiger partial charge in [0.2, 0.25) is 5.95 Å². The molecule has 2 rings (SSSR count). The Kier molecular flexibility index (Phi) is 5.07. The van der Waals surface area contributed by atoms with E-state index in [-0.39, 0.29) is 12.0 Å². The van der Waals surface area contributed by atoms with Gasteiger partial charge in [0, 0.05) is 11.3 Å². The van der Waals surface area contributed by atoms with Crippen molar-refractivity contribution in [1.29, 1.82) is 0 Å². The molecule has 0 bridgehead atoms. The average Bonchev–Trinajstić information content (AvgIpc) is 2.47. The van der Waals surface area contributed by atoms with Gasteiger partial charge in [-0.15, -0.1) is 4.98 Å². The van der Waals surface area contributed by atoms with Crippen LogP contribution in [0.2, 0.25) is 0 Å². The topological polar surface area (TPSA) is 69.2 Å². The van der Waals surface area contributed by atoms with E-state index < -0.39 is 0 Å². The maximum Gasteiger partial charge on any atom is 0.324 e. The third-order valence-electron chi connectivity index (χ3n) is 3.30. The van der Waals surface area contributed by atoms with Crippen molar-refractivity contribution >= 4 is 17.7 Å². The van der Waals surface area contributed by atoms with E-state index >= 15 is 0 Å². The van der Waals surface area contributed by atoms with Gasteiger partial charge in [0.15, 0.2) is 0 Å². The summed E-state index contributed by atoms with van der Waals surface area (Å²) in [4.78, 5) is 12.4.